The minimum absolute atomic E-state index is 0.111. The highest BCUT2D eigenvalue weighted by atomic mass is 19.1. The van der Waals surface area contributed by atoms with Gasteiger partial charge in [0.2, 0.25) is 0 Å². The van der Waals surface area contributed by atoms with Gasteiger partial charge in [0.15, 0.2) is 5.75 Å². The second-order valence-electron chi connectivity index (χ2n) is 14.0. The van der Waals surface area contributed by atoms with Crippen molar-refractivity contribution in [1.29, 1.82) is 0 Å². The fourth-order valence-electron chi connectivity index (χ4n) is 6.64. The number of carbonyl (C=O) groups excluding carboxylic acids is 3. The summed E-state index contributed by atoms with van der Waals surface area (Å²) in [5, 5.41) is 3.34. The number of likely N-dealkylation sites (tertiary alicyclic amines) is 1. The molecule has 1 atom stereocenters. The number of carbonyl (C=O) groups is 3. The number of hydrogen-bond acceptors (Lipinski definition) is 7. The van der Waals surface area contributed by atoms with Crippen molar-refractivity contribution in [2.45, 2.75) is 58.0 Å². The lowest BCUT2D eigenvalue weighted by Crippen LogP contribution is -2.41. The molecule has 3 amide bonds. The van der Waals surface area contributed by atoms with E-state index in [1.54, 1.807) is 56.1 Å². The van der Waals surface area contributed by atoms with E-state index in [0.717, 1.165) is 16.7 Å². The van der Waals surface area contributed by atoms with Crippen molar-refractivity contribution >= 4 is 29.0 Å². The monoisotopic (exact) mass is 702 g/mol. The Bertz CT molecular complexity index is 2060. The zero-order chi connectivity index (χ0) is 36.4. The Labute approximate surface area is 301 Å². The van der Waals surface area contributed by atoms with Crippen LogP contribution in [0.15, 0.2) is 103 Å². The summed E-state index contributed by atoms with van der Waals surface area (Å²) in [5.74, 6) is -0.218. The Morgan fingerprint density at radius 3 is 2.25 bits per heavy atom. The number of aromatic nitrogens is 1. The lowest BCUT2D eigenvalue weighted by Gasteiger charge is -2.24. The highest BCUT2D eigenvalue weighted by Crippen LogP contribution is 2.46. The van der Waals surface area contributed by atoms with E-state index in [2.05, 4.69) is 10.3 Å². The molecule has 0 unspecified atom stereocenters. The number of rotatable bonds is 8. The summed E-state index contributed by atoms with van der Waals surface area (Å²) in [4.78, 5) is 48.5. The summed E-state index contributed by atoms with van der Waals surface area (Å²) < 4.78 is 32.3. The fraction of sp³-hybridized carbons (Fsp3) is 0.268. The van der Waals surface area contributed by atoms with Gasteiger partial charge in [-0.2, -0.15) is 0 Å². The first-order chi connectivity index (χ1) is 25.0. The molecule has 1 aromatic heterocycles. The van der Waals surface area contributed by atoms with Crippen molar-refractivity contribution in [3.05, 3.63) is 137 Å². The minimum Gasteiger partial charge on any atom is -0.478 e. The average molecular weight is 703 g/mol. The Hall–Kier alpha value is -5.97. The van der Waals surface area contributed by atoms with Crippen LogP contribution in [-0.4, -0.2) is 57.6 Å². The second kappa shape index (κ2) is 14.3. The van der Waals surface area contributed by atoms with Crippen LogP contribution in [-0.2, 0) is 17.8 Å². The maximum atomic E-state index is 14.5. The molecule has 0 saturated carbocycles. The number of hydrogen-bond donors (Lipinski definition) is 1. The van der Waals surface area contributed by atoms with Crippen LogP contribution in [0, 0.1) is 5.82 Å². The van der Waals surface area contributed by atoms with Gasteiger partial charge in [-0.05, 0) is 68.1 Å². The number of ether oxygens (including phenoxy) is 3. The maximum absolute atomic E-state index is 14.5. The van der Waals surface area contributed by atoms with Gasteiger partial charge in [0.25, 0.3) is 5.91 Å². The van der Waals surface area contributed by atoms with Crippen molar-refractivity contribution in [3.63, 3.8) is 0 Å². The van der Waals surface area contributed by atoms with Crippen LogP contribution >= 0.6 is 0 Å². The molecule has 2 aliphatic heterocycles. The number of halogens is 1. The minimum atomic E-state index is -0.656. The molecule has 10 nitrogen and oxygen atoms in total. The molecule has 266 valence electrons. The number of benzene rings is 4. The Morgan fingerprint density at radius 1 is 0.923 bits per heavy atom. The van der Waals surface area contributed by atoms with Crippen LogP contribution in [0.5, 0.6) is 11.5 Å². The summed E-state index contributed by atoms with van der Waals surface area (Å²) in [6.45, 7) is 6.23. The quantitative estimate of drug-likeness (QED) is 0.176. The fourth-order valence-corrected chi connectivity index (χ4v) is 6.64. The average Bonchev–Trinajstić information content (AvgIpc) is 3.73. The zero-order valence-electron chi connectivity index (χ0n) is 29.2. The van der Waals surface area contributed by atoms with Gasteiger partial charge in [-0.3, -0.25) is 9.78 Å². The predicted molar refractivity (Wildman–Crippen MR) is 192 cm³/mol. The molecule has 11 heteroatoms. The molecule has 1 fully saturated rings. The predicted octanol–water partition coefficient (Wildman–Crippen LogP) is 7.80. The van der Waals surface area contributed by atoms with Crippen molar-refractivity contribution in [3.8, 4) is 11.5 Å². The van der Waals surface area contributed by atoms with E-state index in [1.807, 2.05) is 60.7 Å². The Kier molecular flexibility index (Phi) is 9.51. The molecule has 5 aromatic rings. The number of alkyl carbamates (subject to hydrolysis) is 1. The van der Waals surface area contributed by atoms with Crippen LogP contribution in [0.1, 0.15) is 65.9 Å². The lowest BCUT2D eigenvalue weighted by molar-refractivity contribution is 0.0505. The van der Waals surface area contributed by atoms with E-state index in [1.165, 1.54) is 17.0 Å². The first kappa shape index (κ1) is 34.5. The second-order valence-corrected chi connectivity index (χ2v) is 14.0. The molecule has 4 aromatic carbocycles. The van der Waals surface area contributed by atoms with Gasteiger partial charge in [-0.1, -0.05) is 72.8 Å². The Morgan fingerprint density at radius 2 is 1.60 bits per heavy atom. The smallest absolute Gasteiger partial charge is 0.415 e. The summed E-state index contributed by atoms with van der Waals surface area (Å²) in [7, 11) is 0. The van der Waals surface area contributed by atoms with Crippen LogP contribution in [0.4, 0.5) is 14.0 Å². The van der Waals surface area contributed by atoms with Gasteiger partial charge in [-0.25, -0.2) is 14.0 Å². The van der Waals surface area contributed by atoms with Gasteiger partial charge >= 0.3 is 12.2 Å². The lowest BCUT2D eigenvalue weighted by atomic mass is 9.99. The van der Waals surface area contributed by atoms with Crippen molar-refractivity contribution < 1.29 is 33.0 Å². The molecular formula is C41H39FN4O6. The standard InChI is InChI=1S/C41H39FN4O6/c1-41(2,3)52-39(48)44-30-20-22-45(24-30)40(49)51-36-31-15-10-21-43-34(31)37(50-35(27-11-6-4-7-12-27)28-13-8-5-9-14-28)33-32(36)25-46(38(33)47)23-26-16-18-29(42)19-17-26/h4-19,21,30,35H,20,22-25H2,1-3H3,(H,44,48)/t30-/m0/s1. The van der Waals surface area contributed by atoms with Gasteiger partial charge in [-0.15, -0.1) is 0 Å². The topological polar surface area (TPSA) is 110 Å². The third kappa shape index (κ3) is 7.39. The van der Waals surface area contributed by atoms with Gasteiger partial charge < -0.3 is 29.3 Å². The van der Waals surface area contributed by atoms with Crippen LogP contribution in [0.3, 0.4) is 0 Å². The highest BCUT2D eigenvalue weighted by Gasteiger charge is 2.39. The molecule has 0 radical (unpaired) electrons. The van der Waals surface area contributed by atoms with Crippen LogP contribution in [0.25, 0.3) is 10.9 Å². The van der Waals surface area contributed by atoms with Crippen molar-refractivity contribution in [1.82, 2.24) is 20.1 Å². The first-order valence-electron chi connectivity index (χ1n) is 17.2. The summed E-state index contributed by atoms with van der Waals surface area (Å²) in [6, 6.07) is 28.6. The highest BCUT2D eigenvalue weighted by molar-refractivity contribution is 6.09. The SMILES string of the molecule is CC(C)(C)OC(=O)N[C@H]1CCN(C(=O)Oc2c3c(c(OC(c4ccccc4)c4ccccc4)c4ncccc24)C(=O)N(Cc2ccc(F)cc2)C3)C1. The van der Waals surface area contributed by atoms with Gasteiger partial charge in [0.05, 0.1) is 18.2 Å². The van der Waals surface area contributed by atoms with E-state index in [4.69, 9.17) is 14.2 Å². The number of nitrogens with zero attached hydrogens (tertiary/aromatic N) is 3. The van der Waals surface area contributed by atoms with E-state index in [9.17, 15) is 18.8 Å². The third-order valence-corrected chi connectivity index (χ3v) is 9.00. The van der Waals surface area contributed by atoms with Gasteiger partial charge in [0, 0.05) is 36.8 Å². The number of amides is 3. The van der Waals surface area contributed by atoms with Crippen LogP contribution < -0.4 is 14.8 Å². The molecule has 3 heterocycles. The molecule has 2 aliphatic rings. The van der Waals surface area contributed by atoms with Gasteiger partial charge in [0.1, 0.15) is 28.8 Å². The number of fused-ring (bicyclic) bond motifs is 2. The Balaban J connectivity index is 1.27. The summed E-state index contributed by atoms with van der Waals surface area (Å²) in [6.07, 6.45) is 0.359. The van der Waals surface area contributed by atoms with E-state index < -0.39 is 23.9 Å². The first-order valence-corrected chi connectivity index (χ1v) is 17.2. The normalized spacial score (nSPS) is 15.6. The van der Waals surface area contributed by atoms with Crippen LogP contribution in [0.2, 0.25) is 0 Å². The summed E-state index contributed by atoms with van der Waals surface area (Å²) >= 11 is 0. The van der Waals surface area contributed by atoms with E-state index in [-0.39, 0.29) is 54.5 Å². The molecule has 52 heavy (non-hydrogen) atoms. The zero-order valence-corrected chi connectivity index (χ0v) is 29.2. The summed E-state index contributed by atoms with van der Waals surface area (Å²) in [5.41, 5.74) is 2.93. The maximum Gasteiger partial charge on any atom is 0.415 e. The molecule has 0 aliphatic carbocycles. The van der Waals surface area contributed by atoms with Crippen molar-refractivity contribution in [2.75, 3.05) is 13.1 Å². The molecule has 1 saturated heterocycles. The van der Waals surface area contributed by atoms with E-state index in [0.29, 0.717) is 29.4 Å². The van der Waals surface area contributed by atoms with E-state index >= 15 is 0 Å². The molecule has 1 N–H and O–H groups in total. The number of nitrogens with one attached hydrogen (secondary N) is 1. The van der Waals surface area contributed by atoms with Crippen molar-refractivity contribution in [2.24, 2.45) is 0 Å². The molecule has 7 rings (SSSR count). The largest absolute Gasteiger partial charge is 0.478 e. The molecular weight excluding hydrogens is 663 g/mol. The number of pyridine rings is 1. The molecule has 0 bridgehead atoms. The third-order valence-electron chi connectivity index (χ3n) is 9.00. The molecule has 0 spiro atoms.